The van der Waals surface area contributed by atoms with Gasteiger partial charge in [-0.1, -0.05) is 18.2 Å². The maximum atomic E-state index is 12.8. The average molecular weight is 276 g/mol. The summed E-state index contributed by atoms with van der Waals surface area (Å²) in [5, 5.41) is 3.13. The Kier molecular flexibility index (Phi) is 4.78. The van der Waals surface area contributed by atoms with Crippen LogP contribution in [-0.2, 0) is 11.2 Å². The number of amides is 1. The molecule has 0 bridgehead atoms. The van der Waals surface area contributed by atoms with Crippen LogP contribution in [0.3, 0.4) is 0 Å². The number of likely N-dealkylation sites (N-methyl/N-ethyl adjacent to an activating group) is 1. The summed E-state index contributed by atoms with van der Waals surface area (Å²) in [7, 11) is 1.93. The van der Waals surface area contributed by atoms with Gasteiger partial charge in [0.2, 0.25) is 0 Å². The van der Waals surface area contributed by atoms with Crippen LogP contribution >= 0.6 is 0 Å². The molecule has 1 N–H and O–H groups in total. The lowest BCUT2D eigenvalue weighted by Gasteiger charge is -2.42. The van der Waals surface area contributed by atoms with Crippen molar-refractivity contribution in [3.05, 3.63) is 35.4 Å². The fourth-order valence-electron chi connectivity index (χ4n) is 2.59. The minimum Gasteiger partial charge on any atom is -0.377 e. The van der Waals surface area contributed by atoms with E-state index in [0.29, 0.717) is 19.8 Å². The first-order valence-electron chi connectivity index (χ1n) is 7.18. The summed E-state index contributed by atoms with van der Waals surface area (Å²) in [6, 6.07) is 7.90. The second-order valence-corrected chi connectivity index (χ2v) is 5.83. The number of carbonyl (C=O) groups is 1. The van der Waals surface area contributed by atoms with Crippen LogP contribution in [0, 0.1) is 0 Å². The number of nitrogens with one attached hydrogen (secondary N) is 1. The Morgan fingerprint density at radius 2 is 2.15 bits per heavy atom. The topological polar surface area (TPSA) is 41.6 Å². The van der Waals surface area contributed by atoms with Crippen LogP contribution in [0.25, 0.3) is 0 Å². The quantitative estimate of drug-likeness (QED) is 0.910. The number of hydrogen-bond acceptors (Lipinski definition) is 3. The molecule has 2 rings (SSSR count). The molecule has 1 aromatic rings. The lowest BCUT2D eigenvalue weighted by atomic mass is 9.98. The number of nitrogens with zero attached hydrogens (tertiary/aromatic N) is 1. The molecule has 0 saturated carbocycles. The maximum Gasteiger partial charge on any atom is 0.254 e. The second-order valence-electron chi connectivity index (χ2n) is 5.83. The highest BCUT2D eigenvalue weighted by Gasteiger charge is 2.35. The van der Waals surface area contributed by atoms with E-state index >= 15 is 0 Å². The first kappa shape index (κ1) is 15.0. The van der Waals surface area contributed by atoms with Crippen molar-refractivity contribution in [3.8, 4) is 0 Å². The van der Waals surface area contributed by atoms with Crippen molar-refractivity contribution in [1.82, 2.24) is 10.2 Å². The van der Waals surface area contributed by atoms with Gasteiger partial charge in [-0.3, -0.25) is 4.79 Å². The van der Waals surface area contributed by atoms with Gasteiger partial charge in [0.25, 0.3) is 5.91 Å². The van der Waals surface area contributed by atoms with Gasteiger partial charge >= 0.3 is 0 Å². The third-order valence-corrected chi connectivity index (χ3v) is 3.78. The molecule has 1 fully saturated rings. The number of benzene rings is 1. The van der Waals surface area contributed by atoms with Crippen molar-refractivity contribution in [2.24, 2.45) is 0 Å². The standard InChI is InChI=1S/C16H24N2O2/c1-16(2)12-20-11-10-18(16)15(19)14-7-5-4-6-13(14)8-9-17-3/h4-7,17H,8-12H2,1-3H3. The molecule has 0 aliphatic carbocycles. The van der Waals surface area contributed by atoms with Crippen LogP contribution < -0.4 is 5.32 Å². The first-order chi connectivity index (χ1) is 9.56. The highest BCUT2D eigenvalue weighted by Crippen LogP contribution is 2.23. The summed E-state index contributed by atoms with van der Waals surface area (Å²) in [5.74, 6) is 0.116. The van der Waals surface area contributed by atoms with Gasteiger partial charge < -0.3 is 15.0 Å². The van der Waals surface area contributed by atoms with Gasteiger partial charge in [-0.15, -0.1) is 0 Å². The van der Waals surface area contributed by atoms with E-state index in [1.54, 1.807) is 0 Å². The van der Waals surface area contributed by atoms with Gasteiger partial charge in [0.1, 0.15) is 0 Å². The van der Waals surface area contributed by atoms with Crippen LogP contribution in [0.15, 0.2) is 24.3 Å². The lowest BCUT2D eigenvalue weighted by molar-refractivity contribution is -0.0371. The average Bonchev–Trinajstić information content (AvgIpc) is 2.44. The van der Waals surface area contributed by atoms with Crippen molar-refractivity contribution in [3.63, 3.8) is 0 Å². The Morgan fingerprint density at radius 1 is 1.40 bits per heavy atom. The Hall–Kier alpha value is -1.39. The van der Waals surface area contributed by atoms with Crippen molar-refractivity contribution in [2.75, 3.05) is 33.4 Å². The smallest absolute Gasteiger partial charge is 0.254 e. The summed E-state index contributed by atoms with van der Waals surface area (Å²) in [5.41, 5.74) is 1.68. The van der Waals surface area contributed by atoms with Crippen LogP contribution in [0.4, 0.5) is 0 Å². The van der Waals surface area contributed by atoms with Gasteiger partial charge in [-0.25, -0.2) is 0 Å². The van der Waals surface area contributed by atoms with E-state index < -0.39 is 0 Å². The van der Waals surface area contributed by atoms with Crippen molar-refractivity contribution < 1.29 is 9.53 Å². The molecule has 0 spiro atoms. The fraction of sp³-hybridized carbons (Fsp3) is 0.562. The van der Waals surface area contributed by atoms with E-state index in [1.165, 1.54) is 0 Å². The van der Waals surface area contributed by atoms with E-state index in [9.17, 15) is 4.79 Å². The zero-order chi connectivity index (χ0) is 14.6. The minimum absolute atomic E-state index is 0.116. The number of hydrogen-bond donors (Lipinski definition) is 1. The van der Waals surface area contributed by atoms with Crippen LogP contribution in [-0.4, -0.2) is 49.7 Å². The van der Waals surface area contributed by atoms with Crippen LogP contribution in [0.5, 0.6) is 0 Å². The predicted molar refractivity (Wildman–Crippen MR) is 80.0 cm³/mol. The molecule has 4 heteroatoms. The SMILES string of the molecule is CNCCc1ccccc1C(=O)N1CCOCC1(C)C. The number of carbonyl (C=O) groups excluding carboxylic acids is 1. The highest BCUT2D eigenvalue weighted by molar-refractivity contribution is 5.96. The Labute approximate surface area is 121 Å². The molecule has 0 radical (unpaired) electrons. The first-order valence-corrected chi connectivity index (χ1v) is 7.18. The monoisotopic (exact) mass is 276 g/mol. The minimum atomic E-state index is -0.245. The summed E-state index contributed by atoms with van der Waals surface area (Å²) in [6.45, 7) is 6.86. The molecule has 1 aliphatic rings. The van der Waals surface area contributed by atoms with Crippen molar-refractivity contribution in [2.45, 2.75) is 25.8 Å². The lowest BCUT2D eigenvalue weighted by Crippen LogP contribution is -2.55. The Balaban J connectivity index is 2.24. The molecule has 0 unspecified atom stereocenters. The molecule has 1 heterocycles. The third-order valence-electron chi connectivity index (χ3n) is 3.78. The van der Waals surface area contributed by atoms with Gasteiger partial charge in [0, 0.05) is 12.1 Å². The number of rotatable bonds is 4. The van der Waals surface area contributed by atoms with Gasteiger partial charge in [0.05, 0.1) is 18.8 Å². The maximum absolute atomic E-state index is 12.8. The van der Waals surface area contributed by atoms with Gasteiger partial charge in [-0.2, -0.15) is 0 Å². The fourth-order valence-corrected chi connectivity index (χ4v) is 2.59. The Bertz CT molecular complexity index is 471. The Morgan fingerprint density at radius 3 is 2.85 bits per heavy atom. The van der Waals surface area contributed by atoms with Gasteiger partial charge in [0.15, 0.2) is 0 Å². The van der Waals surface area contributed by atoms with Crippen molar-refractivity contribution >= 4 is 5.91 Å². The molecule has 110 valence electrons. The molecular formula is C16H24N2O2. The second kappa shape index (κ2) is 6.37. The predicted octanol–water partition coefficient (Wildman–Crippen LogP) is 1.70. The van der Waals surface area contributed by atoms with Crippen LogP contribution in [0.1, 0.15) is 29.8 Å². The molecule has 1 amide bonds. The van der Waals surface area contributed by atoms with Gasteiger partial charge in [-0.05, 0) is 45.5 Å². The molecule has 20 heavy (non-hydrogen) atoms. The number of morpholine rings is 1. The zero-order valence-corrected chi connectivity index (χ0v) is 12.6. The van der Waals surface area contributed by atoms with E-state index in [4.69, 9.17) is 4.74 Å². The van der Waals surface area contributed by atoms with E-state index in [0.717, 1.165) is 24.1 Å². The molecule has 0 atom stereocenters. The largest absolute Gasteiger partial charge is 0.377 e. The highest BCUT2D eigenvalue weighted by atomic mass is 16.5. The summed E-state index contributed by atoms with van der Waals surface area (Å²) >= 11 is 0. The van der Waals surface area contributed by atoms with E-state index in [1.807, 2.05) is 36.2 Å². The van der Waals surface area contributed by atoms with E-state index in [-0.39, 0.29) is 11.4 Å². The zero-order valence-electron chi connectivity index (χ0n) is 12.6. The normalized spacial score (nSPS) is 18.1. The third kappa shape index (κ3) is 3.19. The van der Waals surface area contributed by atoms with E-state index in [2.05, 4.69) is 19.2 Å². The molecule has 4 nitrogen and oxygen atoms in total. The van der Waals surface area contributed by atoms with Crippen LogP contribution in [0.2, 0.25) is 0 Å². The summed E-state index contributed by atoms with van der Waals surface area (Å²) < 4.78 is 5.49. The molecule has 0 aromatic heterocycles. The summed E-state index contributed by atoms with van der Waals surface area (Å²) in [6.07, 6.45) is 0.864. The molecular weight excluding hydrogens is 252 g/mol. The molecule has 1 aromatic carbocycles. The van der Waals surface area contributed by atoms with Crippen molar-refractivity contribution in [1.29, 1.82) is 0 Å². The number of ether oxygens (including phenoxy) is 1. The molecule has 1 aliphatic heterocycles. The molecule has 1 saturated heterocycles. The summed E-state index contributed by atoms with van der Waals surface area (Å²) in [4.78, 5) is 14.8.